The number of unbranched alkanes of at least 4 members (excludes halogenated alkanes) is 1. The summed E-state index contributed by atoms with van der Waals surface area (Å²) in [5.41, 5.74) is 6.50. The van der Waals surface area contributed by atoms with Crippen LogP contribution in [0.5, 0.6) is 5.75 Å². The molecule has 0 aliphatic carbocycles. The van der Waals surface area contributed by atoms with Crippen LogP contribution in [0.2, 0.25) is 0 Å². The number of para-hydroxylation sites is 1. The number of benzene rings is 5. The van der Waals surface area contributed by atoms with Gasteiger partial charge in [-0.15, -0.1) is 0 Å². The van der Waals surface area contributed by atoms with E-state index in [1.54, 1.807) is 42.3 Å². The molecule has 1 aliphatic heterocycles. The molecule has 7 rings (SSSR count). The van der Waals surface area contributed by atoms with Crippen LogP contribution in [0.4, 0.5) is 16.2 Å². The van der Waals surface area contributed by atoms with E-state index in [1.807, 2.05) is 84.9 Å². The van der Waals surface area contributed by atoms with Crippen molar-refractivity contribution >= 4 is 40.1 Å². The number of carbonyl (C=O) groups is 3. The van der Waals surface area contributed by atoms with Gasteiger partial charge in [0, 0.05) is 67.8 Å². The number of nitrogens with zero attached hydrogens (tertiary/aromatic N) is 2. The number of likely N-dealkylation sites (tertiary alicyclic amines) is 1. The Morgan fingerprint density at radius 2 is 1.61 bits per heavy atom. The fourth-order valence-electron chi connectivity index (χ4n) is 8.01. The molecule has 2 amide bonds. The maximum Gasteiger partial charge on any atom is 0.411 e. The second-order valence-corrected chi connectivity index (χ2v) is 15.7. The fraction of sp³-hybridized carbons (Fsp3) is 0.280. The second-order valence-electron chi connectivity index (χ2n) is 15.7. The third-order valence-electron chi connectivity index (χ3n) is 11.4. The monoisotopic (exact) mass is 820 g/mol. The normalized spacial score (nSPS) is 13.7. The van der Waals surface area contributed by atoms with Crippen LogP contribution in [0.3, 0.4) is 0 Å². The van der Waals surface area contributed by atoms with Gasteiger partial charge in [0.25, 0.3) is 0 Å². The number of aliphatic hydroxyl groups is 1. The summed E-state index contributed by atoms with van der Waals surface area (Å²) in [4.78, 5) is 57.8. The van der Waals surface area contributed by atoms with Gasteiger partial charge in [-0.2, -0.15) is 0 Å². The minimum absolute atomic E-state index is 0.0357. The Hall–Kier alpha value is -6.56. The maximum absolute atomic E-state index is 13.5. The van der Waals surface area contributed by atoms with E-state index in [4.69, 9.17) is 4.74 Å². The average Bonchev–Trinajstić information content (AvgIpc) is 3.28. The number of fused-ring (bicyclic) bond motifs is 1. The molecule has 1 aliphatic rings. The number of hydrogen-bond donors (Lipinski definition) is 4. The van der Waals surface area contributed by atoms with Crippen molar-refractivity contribution < 1.29 is 29.3 Å². The molecular formula is C50H52N4O7. The molecular weight excluding hydrogens is 769 g/mol. The first kappa shape index (κ1) is 42.6. The Labute approximate surface area is 355 Å². The number of phenolic OH excluding ortho intramolecular Hbond substituents is 1. The standard InChI is InChI=1S/C50H52N4O7/c1-53(48(59)27-30-54-28-25-39(26-29-54)61-50(60)51-43-19-7-6-18-40(43)36-14-3-2-4-15-36)38-17-10-16-37(33-38)46(57)32-35-13-9-12-34(31-35)11-5-8-20-44(55)41-21-23-45(56)49-42(41)22-24-47(58)52-49/h2-4,6-7,9-10,12-19,21-24,31,33,39,44,55-56H,5,8,11,20,25-30,32H2,1H3,(H,51,60)(H,52,58)/t44-/m0/s1. The number of anilines is 2. The Morgan fingerprint density at radius 3 is 2.43 bits per heavy atom. The predicted molar refractivity (Wildman–Crippen MR) is 239 cm³/mol. The molecule has 0 unspecified atom stereocenters. The minimum Gasteiger partial charge on any atom is -0.506 e. The van der Waals surface area contributed by atoms with Gasteiger partial charge < -0.3 is 29.7 Å². The molecule has 61 heavy (non-hydrogen) atoms. The number of aromatic nitrogens is 1. The van der Waals surface area contributed by atoms with Gasteiger partial charge >= 0.3 is 6.09 Å². The number of Topliss-reactive ketones (excluding diaryl/α,β-unsaturated/α-hetero) is 1. The molecule has 0 saturated carbocycles. The summed E-state index contributed by atoms with van der Waals surface area (Å²) in [6.45, 7) is 2.02. The van der Waals surface area contributed by atoms with Crippen LogP contribution >= 0.6 is 0 Å². The lowest BCUT2D eigenvalue weighted by Gasteiger charge is -2.31. The van der Waals surface area contributed by atoms with Crippen LogP contribution in [-0.2, 0) is 22.4 Å². The summed E-state index contributed by atoms with van der Waals surface area (Å²) in [5, 5.41) is 24.6. The highest BCUT2D eigenvalue weighted by Gasteiger charge is 2.24. The molecule has 0 radical (unpaired) electrons. The first-order chi connectivity index (χ1) is 29.6. The van der Waals surface area contributed by atoms with Gasteiger partial charge in [0.05, 0.1) is 17.3 Å². The van der Waals surface area contributed by atoms with Crippen LogP contribution in [0.1, 0.15) is 71.7 Å². The number of amides is 2. The van der Waals surface area contributed by atoms with Gasteiger partial charge in [-0.05, 0) is 84.7 Å². The van der Waals surface area contributed by atoms with Gasteiger partial charge in [0.2, 0.25) is 11.5 Å². The molecule has 5 aromatic carbocycles. The summed E-state index contributed by atoms with van der Waals surface area (Å²) in [6.07, 6.45) is 3.38. The Balaban J connectivity index is 0.832. The smallest absolute Gasteiger partial charge is 0.411 e. The summed E-state index contributed by atoms with van der Waals surface area (Å²) in [7, 11) is 1.73. The van der Waals surface area contributed by atoms with Crippen LogP contribution in [0.15, 0.2) is 132 Å². The molecule has 0 spiro atoms. The molecule has 2 heterocycles. The zero-order valence-electron chi connectivity index (χ0n) is 34.4. The highest BCUT2D eigenvalue weighted by Crippen LogP contribution is 2.32. The van der Waals surface area contributed by atoms with Crippen LogP contribution in [-0.4, -0.2) is 70.7 Å². The molecule has 1 saturated heterocycles. The molecule has 4 N–H and O–H groups in total. The van der Waals surface area contributed by atoms with E-state index >= 15 is 0 Å². The number of hydrogen-bond acceptors (Lipinski definition) is 8. The lowest BCUT2D eigenvalue weighted by atomic mass is 9.96. The number of aromatic amines is 1. The van der Waals surface area contributed by atoms with Crippen LogP contribution in [0, 0.1) is 0 Å². The fourth-order valence-corrected chi connectivity index (χ4v) is 8.01. The van der Waals surface area contributed by atoms with E-state index in [0.717, 1.165) is 41.5 Å². The molecule has 0 bridgehead atoms. The predicted octanol–water partition coefficient (Wildman–Crippen LogP) is 8.84. The van der Waals surface area contributed by atoms with Crippen molar-refractivity contribution in [3.63, 3.8) is 0 Å². The summed E-state index contributed by atoms with van der Waals surface area (Å²) >= 11 is 0. The highest BCUT2D eigenvalue weighted by molar-refractivity contribution is 6.00. The summed E-state index contributed by atoms with van der Waals surface area (Å²) in [6, 6.07) is 38.9. The number of H-pyrrole nitrogens is 1. The van der Waals surface area contributed by atoms with Gasteiger partial charge in [0.1, 0.15) is 11.9 Å². The highest BCUT2D eigenvalue weighted by atomic mass is 16.6. The minimum atomic E-state index is -0.745. The molecule has 11 heteroatoms. The van der Waals surface area contributed by atoms with E-state index in [0.29, 0.717) is 78.7 Å². The van der Waals surface area contributed by atoms with Gasteiger partial charge in [0.15, 0.2) is 5.78 Å². The average molecular weight is 821 g/mol. The number of piperidine rings is 1. The Morgan fingerprint density at radius 1 is 0.852 bits per heavy atom. The van der Waals surface area contributed by atoms with Gasteiger partial charge in [-0.3, -0.25) is 19.7 Å². The molecule has 314 valence electrons. The SMILES string of the molecule is CN(C(=O)CCN1CCC(OC(=O)Nc2ccccc2-c2ccccc2)CC1)c1cccc(C(=O)Cc2cccc(CCCC[C@H](O)c3ccc(O)c4[nH]c(=O)ccc34)c2)c1. The van der Waals surface area contributed by atoms with Crippen molar-refractivity contribution in [1.29, 1.82) is 0 Å². The second kappa shape index (κ2) is 20.1. The first-order valence-electron chi connectivity index (χ1n) is 21.0. The number of pyridine rings is 1. The topological polar surface area (TPSA) is 152 Å². The Bertz CT molecular complexity index is 2530. The number of nitrogens with one attached hydrogen (secondary N) is 2. The van der Waals surface area contributed by atoms with Crippen molar-refractivity contribution in [3.05, 3.63) is 160 Å². The van der Waals surface area contributed by atoms with Crippen LogP contribution in [0.25, 0.3) is 22.0 Å². The Kier molecular flexibility index (Phi) is 14.0. The molecule has 1 fully saturated rings. The van der Waals surface area contributed by atoms with Crippen molar-refractivity contribution in [2.24, 2.45) is 0 Å². The largest absolute Gasteiger partial charge is 0.506 e. The van der Waals surface area contributed by atoms with Crippen molar-refractivity contribution in [2.45, 2.75) is 63.6 Å². The molecule has 6 aromatic rings. The van der Waals surface area contributed by atoms with E-state index in [-0.39, 0.29) is 35.5 Å². The number of phenols is 1. The molecule has 1 aromatic heterocycles. The summed E-state index contributed by atoms with van der Waals surface area (Å²) < 4.78 is 5.78. The van der Waals surface area contributed by atoms with Crippen molar-refractivity contribution in [2.75, 3.05) is 36.9 Å². The van der Waals surface area contributed by atoms with E-state index in [2.05, 4.69) is 15.2 Å². The lowest BCUT2D eigenvalue weighted by molar-refractivity contribution is -0.118. The molecule has 11 nitrogen and oxygen atoms in total. The van der Waals surface area contributed by atoms with Crippen molar-refractivity contribution in [1.82, 2.24) is 9.88 Å². The number of ketones is 1. The third kappa shape index (κ3) is 11.2. The number of rotatable bonds is 16. The number of aromatic hydroxyl groups is 1. The van der Waals surface area contributed by atoms with Crippen molar-refractivity contribution in [3.8, 4) is 16.9 Å². The molecule has 1 atom stereocenters. The maximum atomic E-state index is 13.5. The lowest BCUT2D eigenvalue weighted by Crippen LogP contribution is -2.40. The van der Waals surface area contributed by atoms with E-state index in [1.165, 1.54) is 12.1 Å². The first-order valence-corrected chi connectivity index (χ1v) is 21.0. The summed E-state index contributed by atoms with van der Waals surface area (Å²) in [5.74, 6) is -0.122. The van der Waals surface area contributed by atoms with E-state index < -0.39 is 12.2 Å². The van der Waals surface area contributed by atoms with E-state index in [9.17, 15) is 29.4 Å². The zero-order valence-corrected chi connectivity index (χ0v) is 34.4. The van der Waals surface area contributed by atoms with Gasteiger partial charge in [-0.25, -0.2) is 4.79 Å². The quantitative estimate of drug-likeness (QED) is 0.0559. The number of ether oxygens (including phenoxy) is 1. The van der Waals surface area contributed by atoms with Crippen LogP contribution < -0.4 is 15.8 Å². The number of aryl methyl sites for hydroxylation is 1. The zero-order chi connectivity index (χ0) is 42.7. The van der Waals surface area contributed by atoms with Gasteiger partial charge in [-0.1, -0.05) is 97.4 Å². The number of aliphatic hydroxyl groups excluding tert-OH is 1. The third-order valence-corrected chi connectivity index (χ3v) is 11.4. The number of carbonyl (C=O) groups excluding carboxylic acids is 3.